The smallest absolute Gasteiger partial charge is 0.338 e. The molecule has 2 N–H and O–H groups in total. The number of nitrogens with zero attached hydrogens (tertiary/aromatic N) is 4. The highest BCUT2D eigenvalue weighted by molar-refractivity contribution is 7.20. The zero-order valence-corrected chi connectivity index (χ0v) is 27.7. The van der Waals surface area contributed by atoms with Crippen LogP contribution in [0.4, 0.5) is 0 Å². The van der Waals surface area contributed by atoms with Crippen LogP contribution in [0.3, 0.4) is 0 Å². The monoisotopic (exact) mass is 686 g/mol. The van der Waals surface area contributed by atoms with Crippen molar-refractivity contribution >= 4 is 66.9 Å². The number of piperidine rings is 6. The van der Waals surface area contributed by atoms with E-state index in [0.717, 1.165) is 99.8 Å². The van der Waals surface area contributed by atoms with Crippen LogP contribution in [-0.4, -0.2) is 94.9 Å². The first kappa shape index (κ1) is 31.1. The lowest BCUT2D eigenvalue weighted by Crippen LogP contribution is -2.57. The van der Waals surface area contributed by atoms with Gasteiger partial charge in [-0.2, -0.15) is 0 Å². The quantitative estimate of drug-likeness (QED) is 0.209. The summed E-state index contributed by atoms with van der Waals surface area (Å²) in [6, 6.07) is 10.7. The molecule has 2 aromatic carbocycles. The van der Waals surface area contributed by atoms with E-state index in [2.05, 4.69) is 30.4 Å². The average molecular weight is 687 g/mol. The van der Waals surface area contributed by atoms with Crippen molar-refractivity contribution in [2.45, 2.75) is 37.8 Å². The molecule has 0 radical (unpaired) electrons. The molecule has 248 valence electrons. The fourth-order valence-electron chi connectivity index (χ4n) is 7.31. The second-order valence-corrected chi connectivity index (χ2v) is 14.9. The van der Waals surface area contributed by atoms with Crippen LogP contribution in [0.15, 0.2) is 48.6 Å². The molecule has 10 rings (SSSR count). The van der Waals surface area contributed by atoms with Crippen molar-refractivity contribution in [2.75, 3.05) is 39.3 Å². The van der Waals surface area contributed by atoms with Gasteiger partial charge in [-0.05, 0) is 100 Å². The summed E-state index contributed by atoms with van der Waals surface area (Å²) in [5.74, 6) is -0.791. The Morgan fingerprint density at radius 3 is 1.46 bits per heavy atom. The molecular formula is C34H34N6O6S2. The summed E-state index contributed by atoms with van der Waals surface area (Å²) in [5.41, 5.74) is 2.26. The van der Waals surface area contributed by atoms with E-state index in [0.29, 0.717) is 43.4 Å². The Morgan fingerprint density at radius 1 is 0.667 bits per heavy atom. The maximum Gasteiger partial charge on any atom is 0.338 e. The first-order chi connectivity index (χ1) is 23.3. The van der Waals surface area contributed by atoms with Gasteiger partial charge in [0.15, 0.2) is 0 Å². The SMILES string of the molecule is O=C(/C=C/C(=O)Oc1nc2ccc(C(=O)N[C@H]3CN4CCC3CC4)cc2s1)Oc1nc2ccc(C(=O)N[C@H]3CN4CCC3CC4)cc2s1. The predicted molar refractivity (Wildman–Crippen MR) is 180 cm³/mol. The molecule has 12 nitrogen and oxygen atoms in total. The van der Waals surface area contributed by atoms with Gasteiger partial charge in [-0.3, -0.25) is 9.59 Å². The second kappa shape index (κ2) is 13.0. The third kappa shape index (κ3) is 6.57. The molecule has 6 saturated heterocycles. The van der Waals surface area contributed by atoms with Crippen molar-refractivity contribution in [1.29, 1.82) is 0 Å². The summed E-state index contributed by atoms with van der Waals surface area (Å²) >= 11 is 2.28. The van der Waals surface area contributed by atoms with Crippen LogP contribution in [0, 0.1) is 11.8 Å². The highest BCUT2D eigenvalue weighted by Gasteiger charge is 2.36. The number of nitrogens with one attached hydrogen (secondary N) is 2. The number of aromatic nitrogens is 2. The van der Waals surface area contributed by atoms with Gasteiger partial charge in [-0.1, -0.05) is 22.7 Å². The lowest BCUT2D eigenvalue weighted by atomic mass is 9.84. The van der Waals surface area contributed by atoms with Gasteiger partial charge in [-0.15, -0.1) is 0 Å². The number of amides is 2. The zero-order chi connectivity index (χ0) is 32.8. The predicted octanol–water partition coefficient (Wildman–Crippen LogP) is 3.62. The zero-order valence-electron chi connectivity index (χ0n) is 26.1. The van der Waals surface area contributed by atoms with E-state index in [4.69, 9.17) is 9.47 Å². The van der Waals surface area contributed by atoms with Crippen molar-refractivity contribution in [2.24, 2.45) is 11.8 Å². The molecule has 6 aliphatic rings. The number of esters is 2. The lowest BCUT2D eigenvalue weighted by molar-refractivity contribution is -0.131. The normalized spacial score (nSPS) is 26.2. The van der Waals surface area contributed by atoms with Gasteiger partial charge >= 0.3 is 11.9 Å². The van der Waals surface area contributed by atoms with Gasteiger partial charge in [-0.25, -0.2) is 19.6 Å². The van der Waals surface area contributed by atoms with Crippen LogP contribution >= 0.6 is 22.7 Å². The van der Waals surface area contributed by atoms with E-state index in [9.17, 15) is 19.2 Å². The van der Waals surface area contributed by atoms with Crippen molar-refractivity contribution < 1.29 is 28.7 Å². The van der Waals surface area contributed by atoms with Crippen LogP contribution in [0.25, 0.3) is 20.4 Å². The van der Waals surface area contributed by atoms with Crippen molar-refractivity contribution in [3.8, 4) is 10.4 Å². The molecule has 4 aromatic rings. The molecule has 2 aromatic heterocycles. The molecular weight excluding hydrogens is 653 g/mol. The molecule has 48 heavy (non-hydrogen) atoms. The minimum absolute atomic E-state index is 0.0995. The molecule has 6 aliphatic heterocycles. The third-order valence-corrected chi connectivity index (χ3v) is 11.7. The fraction of sp³-hybridized carbons (Fsp3) is 0.412. The lowest BCUT2D eigenvalue weighted by Gasteiger charge is -2.44. The summed E-state index contributed by atoms with van der Waals surface area (Å²) < 4.78 is 12.1. The number of carbonyl (C=O) groups is 4. The molecule has 4 bridgehead atoms. The fourth-order valence-corrected chi connectivity index (χ4v) is 9.03. The van der Waals surface area contributed by atoms with Gasteiger partial charge in [0.05, 0.1) is 20.4 Å². The molecule has 2 atom stereocenters. The van der Waals surface area contributed by atoms with Crippen LogP contribution in [-0.2, 0) is 9.59 Å². The Labute approximate surface area is 284 Å². The number of benzene rings is 2. The summed E-state index contributed by atoms with van der Waals surface area (Å²) in [6.07, 6.45) is 6.39. The molecule has 0 aliphatic carbocycles. The van der Waals surface area contributed by atoms with Gasteiger partial charge in [0.2, 0.25) is 0 Å². The molecule has 0 spiro atoms. The molecule has 8 heterocycles. The van der Waals surface area contributed by atoms with Gasteiger partial charge in [0.1, 0.15) is 0 Å². The summed E-state index contributed by atoms with van der Waals surface area (Å²) in [7, 11) is 0. The first-order valence-electron chi connectivity index (χ1n) is 16.3. The number of hydrogen-bond acceptors (Lipinski definition) is 12. The van der Waals surface area contributed by atoms with E-state index in [1.54, 1.807) is 36.4 Å². The summed E-state index contributed by atoms with van der Waals surface area (Å²) in [6.45, 7) is 6.20. The minimum atomic E-state index is -0.797. The summed E-state index contributed by atoms with van der Waals surface area (Å²) in [5, 5.41) is 6.58. The van der Waals surface area contributed by atoms with E-state index in [1.807, 2.05) is 0 Å². The van der Waals surface area contributed by atoms with Gasteiger partial charge in [0, 0.05) is 48.5 Å². The molecule has 0 unspecified atom stereocenters. The highest BCUT2D eigenvalue weighted by Crippen LogP contribution is 2.32. The van der Waals surface area contributed by atoms with Crippen LogP contribution < -0.4 is 20.1 Å². The molecule has 6 fully saturated rings. The van der Waals surface area contributed by atoms with Crippen LogP contribution in [0.1, 0.15) is 46.4 Å². The first-order valence-corrected chi connectivity index (χ1v) is 18.0. The Hall–Kier alpha value is -4.24. The third-order valence-electron chi connectivity index (χ3n) is 9.94. The molecule has 0 saturated carbocycles. The molecule has 2 amide bonds. The Morgan fingerprint density at radius 2 is 1.08 bits per heavy atom. The maximum absolute atomic E-state index is 13.0. The highest BCUT2D eigenvalue weighted by atomic mass is 32.1. The number of ether oxygens (including phenoxy) is 2. The van der Waals surface area contributed by atoms with E-state index >= 15 is 0 Å². The minimum Gasteiger partial charge on any atom is -0.395 e. The topological polar surface area (TPSA) is 143 Å². The van der Waals surface area contributed by atoms with Crippen molar-refractivity contribution in [3.05, 3.63) is 59.7 Å². The Balaban J connectivity index is 0.847. The van der Waals surface area contributed by atoms with Crippen molar-refractivity contribution in [3.63, 3.8) is 0 Å². The summed E-state index contributed by atoms with van der Waals surface area (Å²) in [4.78, 5) is 64.3. The standard InChI is InChI=1S/C34H34N6O6S2/c41-29(45-33-37-23-3-1-21(15-27(23)47-33)31(43)35-25-17-39-11-7-19(25)8-12-39)5-6-30(42)46-34-38-24-4-2-22(16-28(24)48-34)32(44)36-26-18-40-13-9-20(26)10-14-40/h1-6,15-16,19-20,25-26H,7-14,17-18H2,(H,35,43)(H,36,44)/b6-5+/t25-,26-/m0/s1. The van der Waals surface area contributed by atoms with Crippen molar-refractivity contribution in [1.82, 2.24) is 30.4 Å². The maximum atomic E-state index is 13.0. The largest absolute Gasteiger partial charge is 0.395 e. The van der Waals surface area contributed by atoms with E-state index in [1.165, 1.54) is 0 Å². The average Bonchev–Trinajstić information content (AvgIpc) is 3.70. The number of rotatable bonds is 8. The van der Waals surface area contributed by atoms with E-state index in [-0.39, 0.29) is 34.3 Å². The van der Waals surface area contributed by atoms with Crippen LogP contribution in [0.5, 0.6) is 10.4 Å². The second-order valence-electron chi connectivity index (χ2n) is 12.9. The van der Waals surface area contributed by atoms with Gasteiger partial charge < -0.3 is 29.9 Å². The Bertz CT molecular complexity index is 1800. The number of fused-ring (bicyclic) bond motifs is 8. The number of hydrogen-bond donors (Lipinski definition) is 2. The molecule has 14 heteroatoms. The van der Waals surface area contributed by atoms with Crippen LogP contribution in [0.2, 0.25) is 0 Å². The Kier molecular flexibility index (Phi) is 8.41. The van der Waals surface area contributed by atoms with E-state index < -0.39 is 11.9 Å². The number of thiazole rings is 2. The van der Waals surface area contributed by atoms with Gasteiger partial charge in [0.25, 0.3) is 22.2 Å². The number of carbonyl (C=O) groups excluding carboxylic acids is 4.